The lowest BCUT2D eigenvalue weighted by molar-refractivity contribution is 0.340. The van der Waals surface area contributed by atoms with Gasteiger partial charge in [0.2, 0.25) is 0 Å². The molecule has 0 radical (unpaired) electrons. The van der Waals surface area contributed by atoms with E-state index < -0.39 is 0 Å². The summed E-state index contributed by atoms with van der Waals surface area (Å²) in [4.78, 5) is 0. The zero-order chi connectivity index (χ0) is 15.1. The lowest BCUT2D eigenvalue weighted by Crippen LogP contribution is -2.14. The van der Waals surface area contributed by atoms with Crippen LogP contribution >= 0.6 is 11.6 Å². The number of rotatable bonds is 7. The van der Waals surface area contributed by atoms with Crippen molar-refractivity contribution < 1.29 is 4.74 Å². The van der Waals surface area contributed by atoms with Crippen LogP contribution in [0.15, 0.2) is 42.5 Å². The SMILES string of the molecule is CCOc1cccc(NCCNc2cc(Cl)ccc2C)c1. The van der Waals surface area contributed by atoms with Crippen LogP contribution in [0.1, 0.15) is 12.5 Å². The average Bonchev–Trinajstić information content (AvgIpc) is 2.48. The van der Waals surface area contributed by atoms with Crippen LogP contribution in [-0.2, 0) is 0 Å². The Morgan fingerprint density at radius 1 is 1.05 bits per heavy atom. The second kappa shape index (κ2) is 7.79. The van der Waals surface area contributed by atoms with Crippen LogP contribution in [0.5, 0.6) is 5.75 Å². The number of anilines is 2. The molecular weight excluding hydrogens is 284 g/mol. The van der Waals surface area contributed by atoms with Crippen molar-refractivity contribution in [2.24, 2.45) is 0 Å². The highest BCUT2D eigenvalue weighted by Gasteiger charge is 1.99. The molecule has 0 heterocycles. The van der Waals surface area contributed by atoms with Crippen molar-refractivity contribution in [3.8, 4) is 5.75 Å². The van der Waals surface area contributed by atoms with E-state index in [0.29, 0.717) is 6.61 Å². The summed E-state index contributed by atoms with van der Waals surface area (Å²) in [6, 6.07) is 13.9. The highest BCUT2D eigenvalue weighted by Crippen LogP contribution is 2.20. The highest BCUT2D eigenvalue weighted by molar-refractivity contribution is 6.30. The maximum Gasteiger partial charge on any atom is 0.121 e. The Morgan fingerprint density at radius 2 is 1.86 bits per heavy atom. The van der Waals surface area contributed by atoms with Gasteiger partial charge in [-0.2, -0.15) is 0 Å². The molecule has 2 rings (SSSR count). The third-order valence-corrected chi connectivity index (χ3v) is 3.35. The van der Waals surface area contributed by atoms with E-state index in [-0.39, 0.29) is 0 Å². The monoisotopic (exact) mass is 304 g/mol. The first kappa shape index (κ1) is 15.5. The Bertz CT molecular complexity index is 587. The van der Waals surface area contributed by atoms with Gasteiger partial charge in [0, 0.05) is 35.6 Å². The van der Waals surface area contributed by atoms with Crippen molar-refractivity contribution in [1.82, 2.24) is 0 Å². The lowest BCUT2D eigenvalue weighted by atomic mass is 10.2. The predicted octanol–water partition coefficient (Wildman–Crippen LogP) is 4.57. The van der Waals surface area contributed by atoms with E-state index in [1.54, 1.807) is 0 Å². The molecule has 0 bridgehead atoms. The maximum atomic E-state index is 6.00. The summed E-state index contributed by atoms with van der Waals surface area (Å²) in [5, 5.41) is 7.51. The van der Waals surface area contributed by atoms with Crippen LogP contribution in [0.2, 0.25) is 5.02 Å². The van der Waals surface area contributed by atoms with Gasteiger partial charge in [-0.1, -0.05) is 23.7 Å². The van der Waals surface area contributed by atoms with Gasteiger partial charge in [-0.15, -0.1) is 0 Å². The van der Waals surface area contributed by atoms with Crippen LogP contribution in [0, 0.1) is 6.92 Å². The molecule has 0 aromatic heterocycles. The molecule has 0 aliphatic heterocycles. The Kier molecular flexibility index (Phi) is 5.76. The molecule has 21 heavy (non-hydrogen) atoms. The summed E-state index contributed by atoms with van der Waals surface area (Å²) >= 11 is 6.00. The largest absolute Gasteiger partial charge is 0.494 e. The topological polar surface area (TPSA) is 33.3 Å². The number of hydrogen-bond donors (Lipinski definition) is 2. The van der Waals surface area contributed by atoms with Gasteiger partial charge >= 0.3 is 0 Å². The fourth-order valence-corrected chi connectivity index (χ4v) is 2.22. The Morgan fingerprint density at radius 3 is 2.67 bits per heavy atom. The van der Waals surface area contributed by atoms with Gasteiger partial charge in [0.05, 0.1) is 6.61 Å². The molecule has 0 spiro atoms. The normalized spacial score (nSPS) is 10.2. The third kappa shape index (κ3) is 4.87. The van der Waals surface area contributed by atoms with Crippen molar-refractivity contribution in [3.05, 3.63) is 53.1 Å². The molecule has 2 aromatic carbocycles. The zero-order valence-electron chi connectivity index (χ0n) is 12.4. The van der Waals surface area contributed by atoms with Gasteiger partial charge in [0.15, 0.2) is 0 Å². The summed E-state index contributed by atoms with van der Waals surface area (Å²) in [6.07, 6.45) is 0. The summed E-state index contributed by atoms with van der Waals surface area (Å²) in [5.74, 6) is 0.890. The fourth-order valence-electron chi connectivity index (χ4n) is 2.05. The first-order valence-electron chi connectivity index (χ1n) is 7.16. The number of hydrogen-bond acceptors (Lipinski definition) is 3. The highest BCUT2D eigenvalue weighted by atomic mass is 35.5. The number of benzene rings is 2. The smallest absolute Gasteiger partial charge is 0.121 e. The lowest BCUT2D eigenvalue weighted by Gasteiger charge is -2.12. The first-order valence-corrected chi connectivity index (χ1v) is 7.53. The molecule has 4 heteroatoms. The third-order valence-electron chi connectivity index (χ3n) is 3.11. The van der Waals surface area contributed by atoms with Crippen LogP contribution in [-0.4, -0.2) is 19.7 Å². The molecule has 0 saturated heterocycles. The molecule has 3 nitrogen and oxygen atoms in total. The average molecular weight is 305 g/mol. The Balaban J connectivity index is 1.81. The number of aryl methyl sites for hydroxylation is 1. The van der Waals surface area contributed by atoms with Crippen LogP contribution < -0.4 is 15.4 Å². The summed E-state index contributed by atoms with van der Waals surface area (Å²) < 4.78 is 5.48. The van der Waals surface area contributed by atoms with Crippen LogP contribution in [0.4, 0.5) is 11.4 Å². The number of halogens is 1. The summed E-state index contributed by atoms with van der Waals surface area (Å²) in [6.45, 7) is 6.37. The van der Waals surface area contributed by atoms with Crippen LogP contribution in [0.3, 0.4) is 0 Å². The number of nitrogens with one attached hydrogen (secondary N) is 2. The second-order valence-electron chi connectivity index (χ2n) is 4.77. The molecule has 0 aliphatic rings. The Hall–Kier alpha value is -1.87. The van der Waals surface area contributed by atoms with E-state index >= 15 is 0 Å². The Labute approximate surface area is 131 Å². The van der Waals surface area contributed by atoms with E-state index in [4.69, 9.17) is 16.3 Å². The minimum absolute atomic E-state index is 0.680. The van der Waals surface area contributed by atoms with Crippen molar-refractivity contribution in [2.75, 3.05) is 30.3 Å². The fraction of sp³-hybridized carbons (Fsp3) is 0.294. The molecule has 0 aliphatic carbocycles. The van der Waals surface area contributed by atoms with Gasteiger partial charge in [-0.05, 0) is 43.7 Å². The minimum atomic E-state index is 0.680. The van der Waals surface area contributed by atoms with E-state index in [1.165, 1.54) is 5.56 Å². The van der Waals surface area contributed by atoms with Gasteiger partial charge in [0.25, 0.3) is 0 Å². The van der Waals surface area contributed by atoms with Gasteiger partial charge in [0.1, 0.15) is 5.75 Å². The van der Waals surface area contributed by atoms with Crippen molar-refractivity contribution in [2.45, 2.75) is 13.8 Å². The molecule has 0 fully saturated rings. The number of ether oxygens (including phenoxy) is 1. The molecule has 0 saturated carbocycles. The van der Waals surface area contributed by atoms with E-state index in [2.05, 4.69) is 17.6 Å². The van der Waals surface area contributed by atoms with E-state index in [1.807, 2.05) is 49.4 Å². The first-order chi connectivity index (χ1) is 10.2. The minimum Gasteiger partial charge on any atom is -0.494 e. The molecule has 2 aromatic rings. The zero-order valence-corrected chi connectivity index (χ0v) is 13.2. The quantitative estimate of drug-likeness (QED) is 0.735. The molecule has 0 unspecified atom stereocenters. The molecule has 0 amide bonds. The summed E-state index contributed by atoms with van der Waals surface area (Å²) in [5.41, 5.74) is 3.33. The second-order valence-corrected chi connectivity index (χ2v) is 5.21. The van der Waals surface area contributed by atoms with E-state index in [9.17, 15) is 0 Å². The standard InChI is InChI=1S/C17H21ClN2O/c1-3-21-16-6-4-5-15(12-16)19-9-10-20-17-11-14(18)8-7-13(17)2/h4-8,11-12,19-20H,3,9-10H2,1-2H3. The molecule has 2 N–H and O–H groups in total. The van der Waals surface area contributed by atoms with Gasteiger partial charge < -0.3 is 15.4 Å². The van der Waals surface area contributed by atoms with Crippen LogP contribution in [0.25, 0.3) is 0 Å². The van der Waals surface area contributed by atoms with Gasteiger partial charge in [-0.25, -0.2) is 0 Å². The van der Waals surface area contributed by atoms with Crippen molar-refractivity contribution >= 4 is 23.0 Å². The predicted molar refractivity (Wildman–Crippen MR) is 90.8 cm³/mol. The molecule has 112 valence electrons. The molecular formula is C17H21ClN2O. The van der Waals surface area contributed by atoms with Gasteiger partial charge in [-0.3, -0.25) is 0 Å². The van der Waals surface area contributed by atoms with Crippen molar-refractivity contribution in [1.29, 1.82) is 0 Å². The molecule has 0 atom stereocenters. The van der Waals surface area contributed by atoms with E-state index in [0.717, 1.165) is 35.2 Å². The summed E-state index contributed by atoms with van der Waals surface area (Å²) in [7, 11) is 0. The van der Waals surface area contributed by atoms with Crippen molar-refractivity contribution in [3.63, 3.8) is 0 Å². The maximum absolute atomic E-state index is 6.00.